The van der Waals surface area contributed by atoms with Crippen LogP contribution < -0.4 is 5.32 Å². The summed E-state index contributed by atoms with van der Waals surface area (Å²) in [6.45, 7) is 6.74. The van der Waals surface area contributed by atoms with Crippen molar-refractivity contribution in [1.82, 2.24) is 24.8 Å². The Labute approximate surface area is 154 Å². The number of rotatable bonds is 6. The van der Waals surface area contributed by atoms with E-state index in [-0.39, 0.29) is 11.9 Å². The van der Waals surface area contributed by atoms with Gasteiger partial charge in [-0.3, -0.25) is 14.7 Å². The molecular formula is C20H27N5O. The highest BCUT2D eigenvalue weighted by Crippen LogP contribution is 2.36. The van der Waals surface area contributed by atoms with Crippen LogP contribution in [-0.2, 0) is 17.8 Å². The van der Waals surface area contributed by atoms with Gasteiger partial charge in [-0.05, 0) is 50.3 Å². The number of fused-ring (bicyclic) bond motifs is 1. The molecule has 1 atom stereocenters. The zero-order valence-corrected chi connectivity index (χ0v) is 15.6. The highest BCUT2D eigenvalue weighted by molar-refractivity contribution is 5.83. The van der Waals surface area contributed by atoms with E-state index in [2.05, 4.69) is 38.6 Å². The monoisotopic (exact) mass is 353 g/mol. The van der Waals surface area contributed by atoms with Crippen molar-refractivity contribution >= 4 is 5.91 Å². The van der Waals surface area contributed by atoms with E-state index in [1.165, 1.54) is 12.8 Å². The Morgan fingerprint density at radius 2 is 2.08 bits per heavy atom. The second-order valence-corrected chi connectivity index (χ2v) is 7.74. The molecule has 1 unspecified atom stereocenters. The summed E-state index contributed by atoms with van der Waals surface area (Å²) in [5.41, 5.74) is 3.23. The molecule has 6 nitrogen and oxygen atoms in total. The van der Waals surface area contributed by atoms with Gasteiger partial charge in [-0.25, -0.2) is 4.98 Å². The van der Waals surface area contributed by atoms with E-state index in [9.17, 15) is 4.79 Å². The first kappa shape index (κ1) is 17.2. The quantitative estimate of drug-likeness (QED) is 0.867. The number of imidazole rings is 1. The molecule has 0 aromatic carbocycles. The van der Waals surface area contributed by atoms with Gasteiger partial charge in [0.2, 0.25) is 5.91 Å². The van der Waals surface area contributed by atoms with Gasteiger partial charge in [0.05, 0.1) is 17.7 Å². The number of pyridine rings is 1. The average molecular weight is 353 g/mol. The van der Waals surface area contributed by atoms with E-state index < -0.39 is 0 Å². The summed E-state index contributed by atoms with van der Waals surface area (Å²) < 4.78 is 2.17. The van der Waals surface area contributed by atoms with Crippen LogP contribution in [0.1, 0.15) is 55.7 Å². The zero-order valence-electron chi connectivity index (χ0n) is 15.6. The predicted octanol–water partition coefficient (Wildman–Crippen LogP) is 2.48. The fraction of sp³-hybridized carbons (Fsp3) is 0.550. The van der Waals surface area contributed by atoms with Gasteiger partial charge in [-0.1, -0.05) is 0 Å². The van der Waals surface area contributed by atoms with E-state index in [1.807, 2.05) is 18.5 Å². The number of aromatic nitrogens is 3. The van der Waals surface area contributed by atoms with Crippen LogP contribution in [0, 0.1) is 5.92 Å². The Morgan fingerprint density at radius 1 is 1.31 bits per heavy atom. The Hall–Kier alpha value is -2.21. The number of nitrogens with one attached hydrogen (secondary N) is 1. The van der Waals surface area contributed by atoms with E-state index >= 15 is 0 Å². The number of amides is 1. The lowest BCUT2D eigenvalue weighted by atomic mass is 10.00. The molecule has 2 aromatic rings. The van der Waals surface area contributed by atoms with Crippen LogP contribution in [0.15, 0.2) is 30.9 Å². The molecule has 1 N–H and O–H groups in total. The lowest BCUT2D eigenvalue weighted by Crippen LogP contribution is -2.46. The van der Waals surface area contributed by atoms with Gasteiger partial charge >= 0.3 is 0 Å². The smallest absolute Gasteiger partial charge is 0.243 e. The lowest BCUT2D eigenvalue weighted by Gasteiger charge is -2.36. The summed E-state index contributed by atoms with van der Waals surface area (Å²) in [7, 11) is 0. The molecule has 1 amide bonds. The van der Waals surface area contributed by atoms with Gasteiger partial charge in [0, 0.05) is 44.5 Å². The third-order valence-electron chi connectivity index (χ3n) is 5.38. The molecule has 1 saturated carbocycles. The van der Waals surface area contributed by atoms with Gasteiger partial charge in [-0.15, -0.1) is 0 Å². The number of hydrogen-bond donors (Lipinski definition) is 1. The molecule has 2 aromatic heterocycles. The van der Waals surface area contributed by atoms with Crippen LogP contribution in [0.4, 0.5) is 0 Å². The summed E-state index contributed by atoms with van der Waals surface area (Å²) in [5.74, 6) is 0.827. The van der Waals surface area contributed by atoms with Crippen molar-refractivity contribution in [2.24, 2.45) is 5.92 Å². The molecule has 0 radical (unpaired) electrons. The number of hydrogen-bond acceptors (Lipinski definition) is 4. The van der Waals surface area contributed by atoms with Crippen LogP contribution >= 0.6 is 0 Å². The van der Waals surface area contributed by atoms with Gasteiger partial charge < -0.3 is 9.88 Å². The minimum atomic E-state index is -0.244. The van der Waals surface area contributed by atoms with Crippen molar-refractivity contribution in [1.29, 1.82) is 0 Å². The molecule has 1 fully saturated rings. The predicted molar refractivity (Wildman–Crippen MR) is 99.4 cm³/mol. The molecule has 138 valence electrons. The van der Waals surface area contributed by atoms with Gasteiger partial charge in [0.1, 0.15) is 6.04 Å². The van der Waals surface area contributed by atoms with Crippen molar-refractivity contribution in [3.05, 3.63) is 47.8 Å². The van der Waals surface area contributed by atoms with Crippen LogP contribution in [-0.4, -0.2) is 38.4 Å². The van der Waals surface area contributed by atoms with E-state index in [0.29, 0.717) is 12.6 Å². The largest absolute Gasteiger partial charge is 0.350 e. The first-order chi connectivity index (χ1) is 12.6. The maximum Gasteiger partial charge on any atom is 0.243 e. The van der Waals surface area contributed by atoms with Crippen LogP contribution in [0.5, 0.6) is 0 Å². The first-order valence-corrected chi connectivity index (χ1v) is 9.59. The molecule has 1 aliphatic carbocycles. The highest BCUT2D eigenvalue weighted by Gasteiger charge is 2.39. The number of carbonyl (C=O) groups excluding carboxylic acids is 1. The summed E-state index contributed by atoms with van der Waals surface area (Å²) >= 11 is 0. The van der Waals surface area contributed by atoms with Crippen molar-refractivity contribution in [3.63, 3.8) is 0 Å². The second-order valence-electron chi connectivity index (χ2n) is 7.74. The molecule has 0 saturated heterocycles. The Kier molecular flexibility index (Phi) is 4.76. The van der Waals surface area contributed by atoms with Gasteiger partial charge in [0.25, 0.3) is 0 Å². The summed E-state index contributed by atoms with van der Waals surface area (Å²) in [6.07, 6.45) is 8.92. The van der Waals surface area contributed by atoms with Gasteiger partial charge in [-0.2, -0.15) is 0 Å². The third kappa shape index (κ3) is 3.51. The molecule has 26 heavy (non-hydrogen) atoms. The number of nitrogens with zero attached hydrogens (tertiary/aromatic N) is 4. The fourth-order valence-electron chi connectivity index (χ4n) is 3.77. The van der Waals surface area contributed by atoms with E-state index in [4.69, 9.17) is 0 Å². The van der Waals surface area contributed by atoms with Crippen LogP contribution in [0.3, 0.4) is 0 Å². The van der Waals surface area contributed by atoms with Crippen LogP contribution in [0.25, 0.3) is 0 Å². The maximum atomic E-state index is 13.2. The van der Waals surface area contributed by atoms with Crippen molar-refractivity contribution in [2.45, 2.75) is 51.7 Å². The SMILES string of the molecule is CC(C)n1cnc2c1C(C(=O)NCc1ccncc1)N(CC1CC1)CC2. The molecule has 4 rings (SSSR count). The molecule has 2 aliphatic rings. The zero-order chi connectivity index (χ0) is 18.1. The van der Waals surface area contributed by atoms with E-state index in [1.54, 1.807) is 12.4 Å². The molecule has 0 spiro atoms. The van der Waals surface area contributed by atoms with Crippen molar-refractivity contribution in [2.75, 3.05) is 13.1 Å². The molecule has 0 bridgehead atoms. The Balaban J connectivity index is 1.58. The maximum absolute atomic E-state index is 13.2. The van der Waals surface area contributed by atoms with E-state index in [0.717, 1.165) is 42.4 Å². The second kappa shape index (κ2) is 7.19. The normalized spacial score (nSPS) is 20.2. The molecule has 1 aliphatic heterocycles. The lowest BCUT2D eigenvalue weighted by molar-refractivity contribution is -0.127. The van der Waals surface area contributed by atoms with Crippen LogP contribution in [0.2, 0.25) is 0 Å². The standard InChI is InChI=1S/C20H27N5O/c1-14(2)25-13-23-17-7-10-24(12-16-3-4-16)19(18(17)25)20(26)22-11-15-5-8-21-9-6-15/h5-6,8-9,13-14,16,19H,3-4,7,10-12H2,1-2H3,(H,22,26). The molecular weight excluding hydrogens is 326 g/mol. The Morgan fingerprint density at radius 3 is 2.77 bits per heavy atom. The number of carbonyl (C=O) groups is 1. The summed E-state index contributed by atoms with van der Waals surface area (Å²) in [4.78, 5) is 24.2. The minimum absolute atomic E-state index is 0.0748. The summed E-state index contributed by atoms with van der Waals surface area (Å²) in [6, 6.07) is 3.92. The third-order valence-corrected chi connectivity index (χ3v) is 5.38. The first-order valence-electron chi connectivity index (χ1n) is 9.59. The molecule has 3 heterocycles. The average Bonchev–Trinajstić information content (AvgIpc) is 3.35. The van der Waals surface area contributed by atoms with Crippen molar-refractivity contribution < 1.29 is 4.79 Å². The summed E-state index contributed by atoms with van der Waals surface area (Å²) in [5, 5.41) is 3.14. The van der Waals surface area contributed by atoms with Crippen molar-refractivity contribution in [3.8, 4) is 0 Å². The molecule has 6 heteroatoms. The fourth-order valence-corrected chi connectivity index (χ4v) is 3.77. The highest BCUT2D eigenvalue weighted by atomic mass is 16.2. The topological polar surface area (TPSA) is 63.1 Å². The van der Waals surface area contributed by atoms with Gasteiger partial charge in [0.15, 0.2) is 0 Å². The Bertz CT molecular complexity index is 766. The minimum Gasteiger partial charge on any atom is -0.350 e.